The van der Waals surface area contributed by atoms with Gasteiger partial charge in [0.05, 0.1) is 0 Å². The first kappa shape index (κ1) is 13.1. The van der Waals surface area contributed by atoms with Crippen LogP contribution in [0.1, 0.15) is 0 Å². The molecule has 0 aromatic heterocycles. The average Bonchev–Trinajstić information content (AvgIpc) is 2.90. The predicted molar refractivity (Wildman–Crippen MR) is 70.7 cm³/mol. The molecule has 0 amide bonds. The molecule has 18 heavy (non-hydrogen) atoms. The Balaban J connectivity index is 0.00000120. The van der Waals surface area contributed by atoms with Crippen LogP contribution in [0.2, 0.25) is 0 Å². The molecule has 0 bridgehead atoms. The van der Waals surface area contributed by atoms with Gasteiger partial charge in [-0.3, -0.25) is 0 Å². The standard InChI is InChI=1S/C15H14N2.Ir/c1-3-7-14(8-4-1)16-11-12-17(13-16)15-9-5-2-6-10-15;/h1-9,13H,11-12H2;/q-2;. The van der Waals surface area contributed by atoms with E-state index >= 15 is 0 Å². The summed E-state index contributed by atoms with van der Waals surface area (Å²) in [5.41, 5.74) is 2.37. The summed E-state index contributed by atoms with van der Waals surface area (Å²) in [6.45, 7) is 4.18. The maximum Gasteiger partial charge on any atom is 0.00858 e. The summed E-state index contributed by atoms with van der Waals surface area (Å²) >= 11 is 0. The molecule has 0 saturated carbocycles. The fourth-order valence-electron chi connectivity index (χ4n) is 2.06. The number of anilines is 2. The van der Waals surface area contributed by atoms with Gasteiger partial charge in [0, 0.05) is 38.9 Å². The van der Waals surface area contributed by atoms with E-state index in [1.54, 1.807) is 0 Å². The molecular weight excluding hydrogens is 400 g/mol. The SMILES string of the molecule is [Ir].[c-]1ccccc1N1[CH-]N(c2ccccc2)CC1. The first-order valence-corrected chi connectivity index (χ1v) is 5.83. The van der Waals surface area contributed by atoms with Crippen LogP contribution in [0.15, 0.2) is 54.6 Å². The maximum atomic E-state index is 3.25. The van der Waals surface area contributed by atoms with E-state index in [9.17, 15) is 0 Å². The molecule has 1 fully saturated rings. The van der Waals surface area contributed by atoms with Crippen molar-refractivity contribution in [3.05, 3.63) is 67.3 Å². The molecule has 0 N–H and O–H groups in total. The van der Waals surface area contributed by atoms with Crippen molar-refractivity contribution >= 4 is 11.4 Å². The molecule has 2 aromatic rings. The second-order valence-corrected chi connectivity index (χ2v) is 4.09. The first-order valence-electron chi connectivity index (χ1n) is 5.83. The van der Waals surface area contributed by atoms with Crippen molar-refractivity contribution in [2.45, 2.75) is 0 Å². The van der Waals surface area contributed by atoms with Crippen molar-refractivity contribution in [1.29, 1.82) is 0 Å². The summed E-state index contributed by atoms with van der Waals surface area (Å²) in [6, 6.07) is 21.8. The second-order valence-electron chi connectivity index (χ2n) is 4.09. The first-order chi connectivity index (χ1) is 8.43. The summed E-state index contributed by atoms with van der Waals surface area (Å²) in [7, 11) is 0. The number of nitrogens with zero attached hydrogens (tertiary/aromatic N) is 2. The second kappa shape index (κ2) is 6.03. The molecule has 1 aliphatic heterocycles. The minimum absolute atomic E-state index is 0. The van der Waals surface area contributed by atoms with Gasteiger partial charge in [-0.2, -0.15) is 37.0 Å². The molecule has 95 valence electrons. The zero-order valence-electron chi connectivity index (χ0n) is 9.92. The summed E-state index contributed by atoms with van der Waals surface area (Å²) in [5.74, 6) is 0. The predicted octanol–water partition coefficient (Wildman–Crippen LogP) is 2.93. The van der Waals surface area contributed by atoms with E-state index in [-0.39, 0.29) is 20.1 Å². The molecule has 2 nitrogen and oxygen atoms in total. The molecule has 1 radical (unpaired) electrons. The third-order valence-electron chi connectivity index (χ3n) is 2.95. The molecular formula is C15H14IrN2-2. The zero-order valence-corrected chi connectivity index (χ0v) is 12.3. The zero-order chi connectivity index (χ0) is 11.5. The van der Waals surface area contributed by atoms with Gasteiger partial charge in [0.25, 0.3) is 0 Å². The quantitative estimate of drug-likeness (QED) is 0.698. The third-order valence-corrected chi connectivity index (χ3v) is 2.95. The summed E-state index contributed by atoms with van der Waals surface area (Å²) in [5, 5.41) is 0. The maximum absolute atomic E-state index is 3.25. The Morgan fingerprint density at radius 2 is 1.61 bits per heavy atom. The van der Waals surface area contributed by atoms with Gasteiger partial charge in [-0.15, -0.1) is 5.69 Å². The molecule has 0 atom stereocenters. The molecule has 0 spiro atoms. The van der Waals surface area contributed by atoms with Crippen molar-refractivity contribution in [2.24, 2.45) is 0 Å². The van der Waals surface area contributed by atoms with Crippen LogP contribution in [0, 0.1) is 12.7 Å². The Morgan fingerprint density at radius 3 is 2.33 bits per heavy atom. The van der Waals surface area contributed by atoms with Gasteiger partial charge >= 0.3 is 0 Å². The Hall–Kier alpha value is -1.31. The van der Waals surface area contributed by atoms with Crippen LogP contribution >= 0.6 is 0 Å². The van der Waals surface area contributed by atoms with Crippen LogP contribution in [-0.2, 0) is 20.1 Å². The summed E-state index contributed by atoms with van der Waals surface area (Å²) in [6.07, 6.45) is 0. The van der Waals surface area contributed by atoms with Crippen LogP contribution in [-0.4, -0.2) is 13.1 Å². The molecule has 1 aliphatic rings. The number of benzene rings is 2. The number of hydrogen-bond acceptors (Lipinski definition) is 2. The molecule has 1 saturated heterocycles. The van der Waals surface area contributed by atoms with E-state index in [1.165, 1.54) is 5.69 Å². The van der Waals surface area contributed by atoms with Crippen LogP contribution in [0.5, 0.6) is 0 Å². The topological polar surface area (TPSA) is 6.48 Å². The van der Waals surface area contributed by atoms with Gasteiger partial charge in [-0.05, 0) is 12.1 Å². The minimum atomic E-state index is 0. The van der Waals surface area contributed by atoms with Crippen LogP contribution in [0.4, 0.5) is 11.4 Å². The van der Waals surface area contributed by atoms with E-state index < -0.39 is 0 Å². The van der Waals surface area contributed by atoms with Gasteiger partial charge in [0.15, 0.2) is 0 Å². The molecule has 0 aliphatic carbocycles. The fraction of sp³-hybridized carbons (Fsp3) is 0.133. The molecule has 3 rings (SSSR count). The van der Waals surface area contributed by atoms with E-state index in [0.29, 0.717) is 0 Å². The Labute approximate surface area is 122 Å². The van der Waals surface area contributed by atoms with Crippen LogP contribution in [0.3, 0.4) is 0 Å². The van der Waals surface area contributed by atoms with E-state index in [2.05, 4.69) is 52.9 Å². The van der Waals surface area contributed by atoms with Crippen molar-refractivity contribution in [2.75, 3.05) is 22.9 Å². The number of para-hydroxylation sites is 2. The van der Waals surface area contributed by atoms with Gasteiger partial charge in [-0.1, -0.05) is 18.2 Å². The van der Waals surface area contributed by atoms with Crippen LogP contribution < -0.4 is 9.80 Å². The summed E-state index contributed by atoms with van der Waals surface area (Å²) in [4.78, 5) is 4.49. The normalized spacial score (nSPS) is 14.4. The smallest absolute Gasteiger partial charge is 0.00858 e. The Kier molecular flexibility index (Phi) is 4.40. The Morgan fingerprint density at radius 1 is 0.889 bits per heavy atom. The largest absolute Gasteiger partial charge is 0.522 e. The van der Waals surface area contributed by atoms with Gasteiger partial charge in [0.1, 0.15) is 0 Å². The fourth-order valence-corrected chi connectivity index (χ4v) is 2.06. The van der Waals surface area contributed by atoms with Gasteiger partial charge < -0.3 is 9.80 Å². The number of rotatable bonds is 2. The minimum Gasteiger partial charge on any atom is -0.522 e. The summed E-state index contributed by atoms with van der Waals surface area (Å²) < 4.78 is 0. The van der Waals surface area contributed by atoms with Gasteiger partial charge in [-0.25, -0.2) is 0 Å². The monoisotopic (exact) mass is 415 g/mol. The van der Waals surface area contributed by atoms with Gasteiger partial charge in [0.2, 0.25) is 0 Å². The van der Waals surface area contributed by atoms with Crippen molar-refractivity contribution in [1.82, 2.24) is 0 Å². The van der Waals surface area contributed by atoms with Crippen LogP contribution in [0.25, 0.3) is 0 Å². The molecule has 1 heterocycles. The molecule has 0 unspecified atom stereocenters. The van der Waals surface area contributed by atoms with Crippen molar-refractivity contribution in [3.8, 4) is 0 Å². The average molecular weight is 415 g/mol. The van der Waals surface area contributed by atoms with E-state index in [4.69, 9.17) is 0 Å². The van der Waals surface area contributed by atoms with Crippen molar-refractivity contribution < 1.29 is 20.1 Å². The molecule has 2 aromatic carbocycles. The van der Waals surface area contributed by atoms with E-state index in [1.807, 2.05) is 24.3 Å². The Bertz CT molecular complexity index is 427. The van der Waals surface area contributed by atoms with E-state index in [0.717, 1.165) is 18.8 Å². The van der Waals surface area contributed by atoms with Crippen molar-refractivity contribution in [3.63, 3.8) is 0 Å². The number of hydrogen-bond donors (Lipinski definition) is 0. The molecule has 3 heteroatoms. The third kappa shape index (κ3) is 2.74.